The molecule has 0 spiro atoms. The van der Waals surface area contributed by atoms with Crippen molar-refractivity contribution in [3.63, 3.8) is 0 Å². The number of aliphatic hydroxyl groups is 1. The molecular formula is C25H28N2O3. The summed E-state index contributed by atoms with van der Waals surface area (Å²) in [5.41, 5.74) is 3.70. The Kier molecular flexibility index (Phi) is 6.52. The maximum Gasteiger partial charge on any atom is 0.161 e. The van der Waals surface area contributed by atoms with E-state index < -0.39 is 0 Å². The summed E-state index contributed by atoms with van der Waals surface area (Å²) in [6, 6.07) is 16.2. The molecule has 30 heavy (non-hydrogen) atoms. The van der Waals surface area contributed by atoms with Gasteiger partial charge in [-0.25, -0.2) is 0 Å². The van der Waals surface area contributed by atoms with Crippen LogP contribution < -0.4 is 9.47 Å². The molecule has 2 heterocycles. The van der Waals surface area contributed by atoms with Gasteiger partial charge in [0, 0.05) is 41.8 Å². The molecule has 3 aromatic rings. The molecule has 0 fully saturated rings. The molecular weight excluding hydrogens is 376 g/mol. The largest absolute Gasteiger partial charge is 0.488 e. The third-order valence-corrected chi connectivity index (χ3v) is 5.50. The highest BCUT2D eigenvalue weighted by Gasteiger charge is 2.25. The molecule has 5 heteroatoms. The number of rotatable bonds is 9. The predicted molar refractivity (Wildman–Crippen MR) is 121 cm³/mol. The number of β-amino-alcohol motifs (C(OH)–C–C–N with tert-alkyl or cyclic N) is 1. The lowest BCUT2D eigenvalue weighted by Crippen LogP contribution is -2.43. The quantitative estimate of drug-likeness (QED) is 0.523. The molecule has 1 atom stereocenters. The van der Waals surface area contributed by atoms with Crippen LogP contribution in [0.1, 0.15) is 12.0 Å². The van der Waals surface area contributed by atoms with Crippen LogP contribution in [0.15, 0.2) is 73.5 Å². The fourth-order valence-electron chi connectivity index (χ4n) is 3.99. The van der Waals surface area contributed by atoms with Gasteiger partial charge in [0.1, 0.15) is 13.2 Å². The van der Waals surface area contributed by atoms with Crippen LogP contribution in [0, 0.1) is 0 Å². The van der Waals surface area contributed by atoms with Gasteiger partial charge in [0.05, 0.1) is 6.61 Å². The van der Waals surface area contributed by atoms with Crippen molar-refractivity contribution >= 4 is 16.5 Å². The molecule has 1 aliphatic heterocycles. The molecule has 0 amide bonds. The lowest BCUT2D eigenvalue weighted by molar-refractivity contribution is 0.117. The molecule has 0 aliphatic carbocycles. The van der Waals surface area contributed by atoms with Crippen LogP contribution in [0.5, 0.6) is 11.5 Å². The summed E-state index contributed by atoms with van der Waals surface area (Å²) < 4.78 is 11.9. The van der Waals surface area contributed by atoms with E-state index in [-0.39, 0.29) is 12.6 Å². The lowest BCUT2D eigenvalue weighted by atomic mass is 9.94. The summed E-state index contributed by atoms with van der Waals surface area (Å²) in [6.45, 7) is 6.21. The Bertz CT molecular complexity index is 1020. The number of hydrogen-bond donors (Lipinski definition) is 2. The van der Waals surface area contributed by atoms with Gasteiger partial charge in [-0.2, -0.15) is 0 Å². The molecule has 1 aliphatic rings. The zero-order chi connectivity index (χ0) is 20.8. The van der Waals surface area contributed by atoms with E-state index in [0.717, 1.165) is 24.2 Å². The number of aromatic amines is 1. The van der Waals surface area contributed by atoms with E-state index in [1.165, 1.54) is 16.5 Å². The van der Waals surface area contributed by atoms with Crippen LogP contribution in [-0.2, 0) is 0 Å². The second kappa shape index (κ2) is 9.65. The van der Waals surface area contributed by atoms with Crippen molar-refractivity contribution in [1.29, 1.82) is 0 Å². The molecule has 4 rings (SSSR count). The summed E-state index contributed by atoms with van der Waals surface area (Å²) in [5, 5.41) is 10.8. The summed E-state index contributed by atoms with van der Waals surface area (Å²) in [7, 11) is 0. The molecule has 0 radical (unpaired) electrons. The van der Waals surface area contributed by atoms with Crippen molar-refractivity contribution in [1.82, 2.24) is 9.88 Å². The molecule has 1 aromatic heterocycles. The first-order valence-corrected chi connectivity index (χ1v) is 10.4. The highest BCUT2D eigenvalue weighted by molar-refractivity contribution is 5.92. The average Bonchev–Trinajstić information content (AvgIpc) is 3.22. The van der Waals surface area contributed by atoms with Crippen LogP contribution in [0.4, 0.5) is 0 Å². The second-order valence-electron chi connectivity index (χ2n) is 7.41. The van der Waals surface area contributed by atoms with E-state index in [2.05, 4.69) is 46.9 Å². The minimum absolute atomic E-state index is 0.131. The molecule has 2 N–H and O–H groups in total. The summed E-state index contributed by atoms with van der Waals surface area (Å²) >= 11 is 0. The number of H-pyrrole nitrogens is 1. The zero-order valence-electron chi connectivity index (χ0n) is 17.1. The summed E-state index contributed by atoms with van der Waals surface area (Å²) in [5.74, 6) is 1.45. The Balaban J connectivity index is 1.52. The van der Waals surface area contributed by atoms with Gasteiger partial charge < -0.3 is 19.6 Å². The topological polar surface area (TPSA) is 57.7 Å². The first kappa shape index (κ1) is 20.3. The summed E-state index contributed by atoms with van der Waals surface area (Å²) in [6.07, 6.45) is 6.94. The molecule has 156 valence electrons. The lowest BCUT2D eigenvalue weighted by Gasteiger charge is -2.34. The van der Waals surface area contributed by atoms with E-state index in [1.54, 1.807) is 6.08 Å². The van der Waals surface area contributed by atoms with E-state index in [1.807, 2.05) is 30.3 Å². The van der Waals surface area contributed by atoms with Gasteiger partial charge in [-0.1, -0.05) is 49.1 Å². The van der Waals surface area contributed by atoms with Crippen LogP contribution in [0.3, 0.4) is 0 Å². The highest BCUT2D eigenvalue weighted by atomic mass is 16.5. The predicted octanol–water partition coefficient (Wildman–Crippen LogP) is 4.26. The number of aliphatic hydroxyl groups excluding tert-OH is 1. The van der Waals surface area contributed by atoms with E-state index in [0.29, 0.717) is 25.5 Å². The minimum atomic E-state index is 0.131. The molecule has 0 saturated carbocycles. The number of para-hydroxylation sites is 3. The number of hydrogen-bond acceptors (Lipinski definition) is 4. The normalized spacial score (nSPS) is 17.0. The monoisotopic (exact) mass is 404 g/mol. The Labute approximate surface area is 177 Å². The number of nitrogens with one attached hydrogen (secondary N) is 1. The van der Waals surface area contributed by atoms with Gasteiger partial charge in [0.15, 0.2) is 11.5 Å². The minimum Gasteiger partial charge on any atom is -0.488 e. The van der Waals surface area contributed by atoms with Crippen molar-refractivity contribution in [3.05, 3.63) is 79.0 Å². The molecule has 0 bridgehead atoms. The highest BCUT2D eigenvalue weighted by Crippen LogP contribution is 2.33. The number of fused-ring (bicyclic) bond motifs is 1. The SMILES string of the molecule is C=CCOc1ccccc1OCC1CC(c2c[nH]c3ccccc23)=CCN1CCO. The van der Waals surface area contributed by atoms with Crippen molar-refractivity contribution in [3.8, 4) is 11.5 Å². The second-order valence-corrected chi connectivity index (χ2v) is 7.41. The Morgan fingerprint density at radius 1 is 1.10 bits per heavy atom. The molecule has 5 nitrogen and oxygen atoms in total. The molecule has 2 aromatic carbocycles. The van der Waals surface area contributed by atoms with Gasteiger partial charge in [0.2, 0.25) is 0 Å². The van der Waals surface area contributed by atoms with Gasteiger partial charge in [-0.15, -0.1) is 0 Å². The van der Waals surface area contributed by atoms with Gasteiger partial charge >= 0.3 is 0 Å². The van der Waals surface area contributed by atoms with Crippen LogP contribution in [-0.4, -0.2) is 53.9 Å². The number of benzene rings is 2. The maximum atomic E-state index is 9.52. The van der Waals surface area contributed by atoms with Gasteiger partial charge in [-0.3, -0.25) is 4.90 Å². The first-order valence-electron chi connectivity index (χ1n) is 10.4. The fraction of sp³-hybridized carbons (Fsp3) is 0.280. The Morgan fingerprint density at radius 3 is 2.67 bits per heavy atom. The standard InChI is InChI=1S/C25H28N2O3/c1-2-15-29-24-9-5-6-10-25(24)30-18-20-16-19(11-12-27(20)13-14-28)22-17-26-23-8-4-3-7-21(22)23/h2-11,17,20,26,28H,1,12-16,18H2. The Hall–Kier alpha value is -3.02. The van der Waals surface area contributed by atoms with Crippen molar-refractivity contribution < 1.29 is 14.6 Å². The Morgan fingerprint density at radius 2 is 1.87 bits per heavy atom. The van der Waals surface area contributed by atoms with Crippen LogP contribution >= 0.6 is 0 Å². The summed E-state index contributed by atoms with van der Waals surface area (Å²) in [4.78, 5) is 5.64. The van der Waals surface area contributed by atoms with Gasteiger partial charge in [-0.05, 0) is 30.2 Å². The van der Waals surface area contributed by atoms with Crippen molar-refractivity contribution in [2.45, 2.75) is 12.5 Å². The number of ether oxygens (including phenoxy) is 2. The third kappa shape index (κ3) is 4.42. The third-order valence-electron chi connectivity index (χ3n) is 5.50. The molecule has 1 unspecified atom stereocenters. The van der Waals surface area contributed by atoms with E-state index in [4.69, 9.17) is 9.47 Å². The van der Waals surface area contributed by atoms with E-state index in [9.17, 15) is 5.11 Å². The van der Waals surface area contributed by atoms with Crippen LogP contribution in [0.25, 0.3) is 16.5 Å². The smallest absolute Gasteiger partial charge is 0.161 e. The molecule has 0 saturated heterocycles. The zero-order valence-corrected chi connectivity index (χ0v) is 17.1. The fourth-order valence-corrected chi connectivity index (χ4v) is 3.99. The van der Waals surface area contributed by atoms with Crippen molar-refractivity contribution in [2.24, 2.45) is 0 Å². The number of nitrogens with zero attached hydrogens (tertiary/aromatic N) is 1. The van der Waals surface area contributed by atoms with Crippen molar-refractivity contribution in [2.75, 3.05) is 32.9 Å². The average molecular weight is 405 g/mol. The number of aromatic nitrogens is 1. The van der Waals surface area contributed by atoms with E-state index >= 15 is 0 Å². The first-order chi connectivity index (χ1) is 14.8. The maximum absolute atomic E-state index is 9.52. The van der Waals surface area contributed by atoms with Gasteiger partial charge in [0.25, 0.3) is 0 Å². The van der Waals surface area contributed by atoms with Crippen LogP contribution in [0.2, 0.25) is 0 Å².